The summed E-state index contributed by atoms with van der Waals surface area (Å²) in [5.74, 6) is 1.48. The van der Waals surface area contributed by atoms with Crippen molar-refractivity contribution in [2.45, 2.75) is 12.5 Å². The fourth-order valence-electron chi connectivity index (χ4n) is 2.93. The van der Waals surface area contributed by atoms with Crippen LogP contribution in [0.3, 0.4) is 0 Å². The molecule has 0 aliphatic carbocycles. The Morgan fingerprint density at radius 3 is 2.96 bits per heavy atom. The summed E-state index contributed by atoms with van der Waals surface area (Å²) in [7, 11) is 0. The number of carbonyl (C=O) groups excluding carboxylic acids is 1. The average Bonchev–Trinajstić information content (AvgIpc) is 3.33. The van der Waals surface area contributed by atoms with Gasteiger partial charge in [0.25, 0.3) is 0 Å². The van der Waals surface area contributed by atoms with Gasteiger partial charge in [-0.1, -0.05) is 18.2 Å². The number of amides is 1. The van der Waals surface area contributed by atoms with Gasteiger partial charge in [0.2, 0.25) is 5.91 Å². The van der Waals surface area contributed by atoms with Crippen LogP contribution < -0.4 is 5.32 Å². The highest BCUT2D eigenvalue weighted by molar-refractivity contribution is 7.98. The van der Waals surface area contributed by atoms with Gasteiger partial charge in [-0.2, -0.15) is 11.8 Å². The molecule has 6 nitrogen and oxygen atoms in total. The average molecular weight is 410 g/mol. The van der Waals surface area contributed by atoms with Crippen molar-refractivity contribution in [3.8, 4) is 0 Å². The molecule has 28 heavy (non-hydrogen) atoms. The quantitative estimate of drug-likeness (QED) is 0.468. The number of rotatable bonds is 7. The molecule has 0 spiro atoms. The highest BCUT2D eigenvalue weighted by Crippen LogP contribution is 2.22. The number of aromatic nitrogens is 4. The number of nitrogens with zero attached hydrogens (tertiary/aromatic N) is 4. The summed E-state index contributed by atoms with van der Waals surface area (Å²) < 4.78 is 3.03. The van der Waals surface area contributed by atoms with E-state index in [1.54, 1.807) is 29.2 Å². The van der Waals surface area contributed by atoms with Crippen LogP contribution in [-0.2, 0) is 4.79 Å². The van der Waals surface area contributed by atoms with E-state index in [1.165, 1.54) is 6.08 Å². The first-order valence-electron chi connectivity index (χ1n) is 8.87. The molecule has 0 saturated carbocycles. The molecule has 1 N–H and O–H groups in total. The molecular weight excluding hydrogens is 390 g/mol. The van der Waals surface area contributed by atoms with Crippen molar-refractivity contribution in [3.63, 3.8) is 0 Å². The standard InChI is InChI=1S/C20H19N5OS2/c1-27-13-11-15(20-24-23-17-8-4-5-12-25(17)20)21-18(26)9-10-19-22-14-6-2-3-7-16(14)28-19/h2-10,12,15H,11,13H2,1H3,(H,21,26)/b10-9-. The monoisotopic (exact) mass is 409 g/mol. The van der Waals surface area contributed by atoms with Crippen LogP contribution in [0.4, 0.5) is 0 Å². The van der Waals surface area contributed by atoms with Gasteiger partial charge in [-0.25, -0.2) is 4.98 Å². The van der Waals surface area contributed by atoms with Crippen molar-refractivity contribution in [3.05, 3.63) is 65.6 Å². The molecule has 1 atom stereocenters. The Morgan fingerprint density at radius 1 is 1.25 bits per heavy atom. The van der Waals surface area contributed by atoms with Gasteiger partial charge >= 0.3 is 0 Å². The molecule has 142 valence electrons. The van der Waals surface area contributed by atoms with E-state index in [0.29, 0.717) is 0 Å². The Labute approximate surface area is 170 Å². The van der Waals surface area contributed by atoms with Gasteiger partial charge in [0.1, 0.15) is 5.01 Å². The zero-order chi connectivity index (χ0) is 19.3. The van der Waals surface area contributed by atoms with E-state index >= 15 is 0 Å². The second-order valence-electron chi connectivity index (χ2n) is 6.18. The highest BCUT2D eigenvalue weighted by atomic mass is 32.2. The number of thioether (sulfide) groups is 1. The van der Waals surface area contributed by atoms with Crippen molar-refractivity contribution < 1.29 is 4.79 Å². The van der Waals surface area contributed by atoms with Crippen LogP contribution in [0.1, 0.15) is 23.3 Å². The highest BCUT2D eigenvalue weighted by Gasteiger charge is 2.19. The zero-order valence-electron chi connectivity index (χ0n) is 15.3. The lowest BCUT2D eigenvalue weighted by Gasteiger charge is -2.15. The summed E-state index contributed by atoms with van der Waals surface area (Å²) in [5.41, 5.74) is 1.71. The number of para-hydroxylation sites is 1. The number of hydrogen-bond donors (Lipinski definition) is 1. The Hall–Kier alpha value is -2.71. The molecule has 8 heteroatoms. The van der Waals surface area contributed by atoms with E-state index in [2.05, 4.69) is 20.5 Å². The molecular formula is C20H19N5OS2. The molecule has 0 aliphatic heterocycles. The van der Waals surface area contributed by atoms with Gasteiger partial charge in [0, 0.05) is 12.3 Å². The van der Waals surface area contributed by atoms with Crippen LogP contribution in [0.25, 0.3) is 21.9 Å². The molecule has 0 fully saturated rings. The van der Waals surface area contributed by atoms with Gasteiger partial charge in [-0.15, -0.1) is 21.5 Å². The Bertz CT molecular complexity index is 1100. The lowest BCUT2D eigenvalue weighted by Crippen LogP contribution is -2.29. The second-order valence-corrected chi connectivity index (χ2v) is 8.23. The predicted molar refractivity (Wildman–Crippen MR) is 116 cm³/mol. The van der Waals surface area contributed by atoms with Crippen molar-refractivity contribution >= 4 is 50.9 Å². The van der Waals surface area contributed by atoms with E-state index < -0.39 is 0 Å². The number of pyridine rings is 1. The number of benzene rings is 1. The molecule has 1 unspecified atom stereocenters. The number of thiazole rings is 1. The summed E-state index contributed by atoms with van der Waals surface area (Å²) in [6, 6.07) is 13.5. The van der Waals surface area contributed by atoms with Gasteiger partial charge in [0.05, 0.1) is 16.3 Å². The maximum absolute atomic E-state index is 12.6. The zero-order valence-corrected chi connectivity index (χ0v) is 16.9. The minimum Gasteiger partial charge on any atom is -0.342 e. The predicted octanol–water partition coefficient (Wildman–Crippen LogP) is 3.96. The minimum absolute atomic E-state index is 0.168. The second kappa shape index (κ2) is 8.53. The maximum atomic E-state index is 12.6. The van der Waals surface area contributed by atoms with Crippen LogP contribution in [-0.4, -0.2) is 37.5 Å². The molecule has 4 aromatic rings. The normalized spacial score (nSPS) is 12.8. The molecule has 3 aromatic heterocycles. The molecule has 0 radical (unpaired) electrons. The number of carbonyl (C=O) groups is 1. The summed E-state index contributed by atoms with van der Waals surface area (Å²) in [6.45, 7) is 0. The first kappa shape index (κ1) is 18.6. The van der Waals surface area contributed by atoms with Gasteiger partial charge in [-0.05, 0) is 48.8 Å². The SMILES string of the molecule is CSCCC(NC(=O)/C=C\c1nc2ccccc2s1)c1nnc2ccccn12. The molecule has 0 saturated heterocycles. The lowest BCUT2D eigenvalue weighted by molar-refractivity contribution is -0.117. The summed E-state index contributed by atoms with van der Waals surface area (Å²) in [5, 5.41) is 12.4. The fourth-order valence-corrected chi connectivity index (χ4v) is 4.27. The molecule has 0 aliphatic rings. The Kier molecular flexibility index (Phi) is 5.68. The Balaban J connectivity index is 1.52. The van der Waals surface area contributed by atoms with Crippen molar-refractivity contribution in [1.29, 1.82) is 0 Å². The van der Waals surface area contributed by atoms with E-state index in [4.69, 9.17) is 0 Å². The largest absolute Gasteiger partial charge is 0.342 e. The summed E-state index contributed by atoms with van der Waals surface area (Å²) >= 11 is 3.30. The number of fused-ring (bicyclic) bond motifs is 2. The third-order valence-corrected chi connectivity index (χ3v) is 5.91. The number of hydrogen-bond acceptors (Lipinski definition) is 6. The molecule has 1 amide bonds. The summed E-state index contributed by atoms with van der Waals surface area (Å²) in [6.07, 6.45) is 8.03. The Morgan fingerprint density at radius 2 is 2.11 bits per heavy atom. The van der Waals surface area contributed by atoms with Crippen LogP contribution >= 0.6 is 23.1 Å². The van der Waals surface area contributed by atoms with Crippen LogP contribution in [0.2, 0.25) is 0 Å². The minimum atomic E-state index is -0.211. The molecule has 0 bridgehead atoms. The van der Waals surface area contributed by atoms with Gasteiger partial charge in [-0.3, -0.25) is 9.20 Å². The number of nitrogens with one attached hydrogen (secondary N) is 1. The molecule has 1 aromatic carbocycles. The van der Waals surface area contributed by atoms with Gasteiger partial charge in [0.15, 0.2) is 11.5 Å². The first-order valence-corrected chi connectivity index (χ1v) is 11.1. The fraction of sp³-hybridized carbons (Fsp3) is 0.200. The van der Waals surface area contributed by atoms with Crippen molar-refractivity contribution in [2.24, 2.45) is 0 Å². The van der Waals surface area contributed by atoms with E-state index in [9.17, 15) is 4.79 Å². The maximum Gasteiger partial charge on any atom is 0.244 e. The van der Waals surface area contributed by atoms with Crippen molar-refractivity contribution in [1.82, 2.24) is 24.9 Å². The van der Waals surface area contributed by atoms with Crippen LogP contribution in [0.15, 0.2) is 54.7 Å². The third-order valence-electron chi connectivity index (χ3n) is 4.27. The lowest BCUT2D eigenvalue weighted by atomic mass is 10.2. The van der Waals surface area contributed by atoms with Crippen LogP contribution in [0, 0.1) is 0 Å². The molecule has 4 rings (SSSR count). The van der Waals surface area contributed by atoms with E-state index in [0.717, 1.165) is 38.9 Å². The smallest absolute Gasteiger partial charge is 0.244 e. The molecule has 3 heterocycles. The van der Waals surface area contributed by atoms with Gasteiger partial charge < -0.3 is 5.32 Å². The first-order chi connectivity index (χ1) is 13.7. The van der Waals surface area contributed by atoms with Crippen molar-refractivity contribution in [2.75, 3.05) is 12.0 Å². The van der Waals surface area contributed by atoms with E-state index in [-0.39, 0.29) is 11.9 Å². The topological polar surface area (TPSA) is 72.2 Å². The van der Waals surface area contributed by atoms with Crippen LogP contribution in [0.5, 0.6) is 0 Å². The third kappa shape index (κ3) is 4.07. The summed E-state index contributed by atoms with van der Waals surface area (Å²) in [4.78, 5) is 17.1. The van der Waals surface area contributed by atoms with E-state index in [1.807, 2.05) is 59.3 Å².